The highest BCUT2D eigenvalue weighted by molar-refractivity contribution is 6.02. The second kappa shape index (κ2) is 7.34. The van der Waals surface area contributed by atoms with Crippen LogP contribution in [0.25, 0.3) is 11.0 Å². The van der Waals surface area contributed by atoms with Crippen molar-refractivity contribution in [1.29, 1.82) is 0 Å². The number of imidazole rings is 1. The van der Waals surface area contributed by atoms with Gasteiger partial charge in [-0.25, -0.2) is 4.98 Å². The minimum absolute atomic E-state index is 0.0668. The number of nitrogens with one attached hydrogen (secondary N) is 2. The van der Waals surface area contributed by atoms with Crippen LogP contribution in [-0.2, 0) is 9.59 Å². The van der Waals surface area contributed by atoms with Gasteiger partial charge in [0.25, 0.3) is 5.91 Å². The molecule has 0 bridgehead atoms. The van der Waals surface area contributed by atoms with Crippen LogP contribution in [0.5, 0.6) is 5.75 Å². The molecule has 0 spiro atoms. The molecule has 3 aromatic rings. The summed E-state index contributed by atoms with van der Waals surface area (Å²) >= 11 is 0. The van der Waals surface area contributed by atoms with Gasteiger partial charge in [-0.05, 0) is 30.2 Å². The number of rotatable bonds is 5. The first-order chi connectivity index (χ1) is 13.5. The molecule has 0 fully saturated rings. The maximum Gasteiger partial charge on any atom is 0.265 e. The van der Waals surface area contributed by atoms with Crippen LogP contribution in [0.2, 0.25) is 0 Å². The van der Waals surface area contributed by atoms with Gasteiger partial charge in [0.1, 0.15) is 18.1 Å². The Bertz CT molecular complexity index is 994. The first kappa shape index (κ1) is 18.0. The van der Waals surface area contributed by atoms with E-state index in [1.54, 1.807) is 12.1 Å². The monoisotopic (exact) mass is 378 g/mol. The van der Waals surface area contributed by atoms with Crippen molar-refractivity contribution in [2.45, 2.75) is 19.9 Å². The largest absolute Gasteiger partial charge is 0.482 e. The fraction of sp³-hybridized carbons (Fsp3) is 0.286. The maximum absolute atomic E-state index is 12.8. The van der Waals surface area contributed by atoms with Crippen molar-refractivity contribution in [3.63, 3.8) is 0 Å². The molecule has 28 heavy (non-hydrogen) atoms. The molecule has 4 rings (SSSR count). The minimum atomic E-state index is -0.286. The molecule has 1 aliphatic rings. The number of amides is 2. The standard InChI is InChI=1S/C21H22N4O3/c1-13(2)20(21-22-14-7-3-4-8-15(14)23-21)24-18(26)11-25-16-9-5-6-10-17(16)28-12-19(25)27/h3-10,13,20H,11-12H2,1-2H3,(H,22,23)(H,24,26). The van der Waals surface area contributed by atoms with E-state index in [0.29, 0.717) is 17.3 Å². The molecule has 0 radical (unpaired) electrons. The summed E-state index contributed by atoms with van der Waals surface area (Å²) in [5, 5.41) is 3.02. The van der Waals surface area contributed by atoms with Crippen LogP contribution in [-0.4, -0.2) is 34.9 Å². The Morgan fingerprint density at radius 1 is 1.21 bits per heavy atom. The van der Waals surface area contributed by atoms with Gasteiger partial charge in [-0.2, -0.15) is 0 Å². The van der Waals surface area contributed by atoms with Crippen LogP contribution in [0.15, 0.2) is 48.5 Å². The van der Waals surface area contributed by atoms with Gasteiger partial charge in [0.15, 0.2) is 6.61 Å². The van der Waals surface area contributed by atoms with Gasteiger partial charge in [0, 0.05) is 0 Å². The van der Waals surface area contributed by atoms with Crippen molar-refractivity contribution in [3.8, 4) is 5.75 Å². The van der Waals surface area contributed by atoms with Gasteiger partial charge in [-0.1, -0.05) is 38.1 Å². The second-order valence-electron chi connectivity index (χ2n) is 7.16. The first-order valence-corrected chi connectivity index (χ1v) is 9.29. The third-order valence-corrected chi connectivity index (χ3v) is 4.80. The van der Waals surface area contributed by atoms with Gasteiger partial charge in [0.2, 0.25) is 5.91 Å². The molecular formula is C21H22N4O3. The predicted octanol–water partition coefficient (Wildman–Crippen LogP) is 2.80. The number of anilines is 1. The number of aromatic nitrogens is 2. The van der Waals surface area contributed by atoms with Crippen molar-refractivity contribution in [2.75, 3.05) is 18.1 Å². The number of fused-ring (bicyclic) bond motifs is 2. The van der Waals surface area contributed by atoms with E-state index in [4.69, 9.17) is 4.74 Å². The van der Waals surface area contributed by atoms with Crippen molar-refractivity contribution in [1.82, 2.24) is 15.3 Å². The van der Waals surface area contributed by atoms with Crippen molar-refractivity contribution in [3.05, 3.63) is 54.4 Å². The highest BCUT2D eigenvalue weighted by Crippen LogP contribution is 2.31. The van der Waals surface area contributed by atoms with Gasteiger partial charge >= 0.3 is 0 Å². The number of carbonyl (C=O) groups is 2. The zero-order valence-corrected chi connectivity index (χ0v) is 15.8. The van der Waals surface area contributed by atoms with Crippen molar-refractivity contribution in [2.24, 2.45) is 5.92 Å². The quantitative estimate of drug-likeness (QED) is 0.715. The zero-order valence-electron chi connectivity index (χ0n) is 15.8. The summed E-state index contributed by atoms with van der Waals surface area (Å²) in [5.74, 6) is 0.950. The fourth-order valence-corrected chi connectivity index (χ4v) is 3.36. The van der Waals surface area contributed by atoms with E-state index in [1.165, 1.54) is 4.90 Å². The fourth-order valence-electron chi connectivity index (χ4n) is 3.36. The highest BCUT2D eigenvalue weighted by Gasteiger charge is 2.29. The summed E-state index contributed by atoms with van der Waals surface area (Å²) in [7, 11) is 0. The van der Waals surface area contributed by atoms with Gasteiger partial charge in [-0.3, -0.25) is 14.5 Å². The van der Waals surface area contributed by atoms with E-state index in [2.05, 4.69) is 15.3 Å². The molecule has 0 saturated heterocycles. The molecule has 7 heteroatoms. The van der Waals surface area contributed by atoms with Crippen molar-refractivity contribution < 1.29 is 14.3 Å². The van der Waals surface area contributed by atoms with E-state index < -0.39 is 0 Å². The molecule has 1 aromatic heterocycles. The van der Waals surface area contributed by atoms with Gasteiger partial charge in [0.05, 0.1) is 22.8 Å². The maximum atomic E-state index is 12.8. The third-order valence-electron chi connectivity index (χ3n) is 4.80. The second-order valence-corrected chi connectivity index (χ2v) is 7.16. The summed E-state index contributed by atoms with van der Waals surface area (Å²) < 4.78 is 5.43. The summed E-state index contributed by atoms with van der Waals surface area (Å²) in [5.41, 5.74) is 2.39. The van der Waals surface area contributed by atoms with E-state index in [-0.39, 0.29) is 36.9 Å². The number of H-pyrrole nitrogens is 1. The Labute approximate surface area is 162 Å². The molecular weight excluding hydrogens is 356 g/mol. The number of benzene rings is 2. The summed E-state index contributed by atoms with van der Waals surface area (Å²) in [4.78, 5) is 34.4. The van der Waals surface area contributed by atoms with E-state index >= 15 is 0 Å². The number of hydrogen-bond donors (Lipinski definition) is 2. The topological polar surface area (TPSA) is 87.3 Å². The lowest BCUT2D eigenvalue weighted by Crippen LogP contribution is -2.46. The van der Waals surface area contributed by atoms with Crippen LogP contribution < -0.4 is 15.0 Å². The number of hydrogen-bond acceptors (Lipinski definition) is 4. The number of ether oxygens (including phenoxy) is 1. The lowest BCUT2D eigenvalue weighted by Gasteiger charge is -2.29. The van der Waals surface area contributed by atoms with Gasteiger partial charge < -0.3 is 15.0 Å². The molecule has 1 unspecified atom stereocenters. The predicted molar refractivity (Wildman–Crippen MR) is 106 cm³/mol. The number of nitrogens with zero attached hydrogens (tertiary/aromatic N) is 2. The molecule has 1 atom stereocenters. The van der Waals surface area contributed by atoms with E-state index in [9.17, 15) is 9.59 Å². The lowest BCUT2D eigenvalue weighted by atomic mass is 10.0. The Morgan fingerprint density at radius 2 is 1.96 bits per heavy atom. The number of aromatic amines is 1. The van der Waals surface area contributed by atoms with Gasteiger partial charge in [-0.15, -0.1) is 0 Å². The molecule has 7 nitrogen and oxygen atoms in total. The molecule has 2 amide bonds. The number of para-hydroxylation sites is 4. The zero-order chi connectivity index (χ0) is 19.7. The lowest BCUT2D eigenvalue weighted by molar-refractivity contribution is -0.125. The molecule has 0 saturated carbocycles. The molecule has 1 aliphatic heterocycles. The van der Waals surface area contributed by atoms with Crippen LogP contribution in [0.4, 0.5) is 5.69 Å². The van der Waals surface area contributed by atoms with Crippen LogP contribution >= 0.6 is 0 Å². The Hall–Kier alpha value is -3.35. The molecule has 2 heterocycles. The SMILES string of the molecule is CC(C)C(NC(=O)CN1C(=O)COc2ccccc21)c1nc2ccccc2[nH]1. The molecule has 2 aromatic carbocycles. The Morgan fingerprint density at radius 3 is 2.75 bits per heavy atom. The highest BCUT2D eigenvalue weighted by atomic mass is 16.5. The summed E-state index contributed by atoms with van der Waals surface area (Å²) in [6.45, 7) is 3.91. The smallest absolute Gasteiger partial charge is 0.265 e. The summed E-state index contributed by atoms with van der Waals surface area (Å²) in [6, 6.07) is 14.7. The Kier molecular flexibility index (Phi) is 4.73. The summed E-state index contributed by atoms with van der Waals surface area (Å²) in [6.07, 6.45) is 0. The first-order valence-electron chi connectivity index (χ1n) is 9.29. The van der Waals surface area contributed by atoms with Crippen LogP contribution in [0.1, 0.15) is 25.7 Å². The third kappa shape index (κ3) is 3.43. The average molecular weight is 378 g/mol. The van der Waals surface area contributed by atoms with E-state index in [0.717, 1.165) is 11.0 Å². The Balaban J connectivity index is 1.53. The molecule has 0 aliphatic carbocycles. The van der Waals surface area contributed by atoms with Crippen LogP contribution in [0.3, 0.4) is 0 Å². The normalized spacial score (nSPS) is 14.7. The average Bonchev–Trinajstić information content (AvgIpc) is 3.12. The van der Waals surface area contributed by atoms with Crippen LogP contribution in [0, 0.1) is 5.92 Å². The minimum Gasteiger partial charge on any atom is -0.482 e. The number of carbonyl (C=O) groups excluding carboxylic acids is 2. The van der Waals surface area contributed by atoms with Crippen molar-refractivity contribution >= 4 is 28.5 Å². The van der Waals surface area contributed by atoms with E-state index in [1.807, 2.05) is 50.2 Å². The molecule has 144 valence electrons. The molecule has 2 N–H and O–H groups in total.